The topological polar surface area (TPSA) is 58.2 Å². The Kier molecular flexibility index (Phi) is 6.48. The summed E-state index contributed by atoms with van der Waals surface area (Å²) in [7, 11) is -3.37. The van der Waals surface area contributed by atoms with Crippen LogP contribution < -0.4 is 10.0 Å². The molecule has 0 aliphatic rings. The van der Waals surface area contributed by atoms with E-state index in [1.807, 2.05) is 19.9 Å². The highest BCUT2D eigenvalue weighted by Crippen LogP contribution is 2.15. The molecule has 0 radical (unpaired) electrons. The molecule has 1 rings (SSSR count). The molecule has 0 saturated carbocycles. The summed E-state index contributed by atoms with van der Waals surface area (Å²) in [5.41, 5.74) is 2.14. The summed E-state index contributed by atoms with van der Waals surface area (Å²) < 4.78 is 26.7. The lowest BCUT2D eigenvalue weighted by Crippen LogP contribution is -2.24. The van der Waals surface area contributed by atoms with E-state index >= 15 is 0 Å². The van der Waals surface area contributed by atoms with E-state index in [0.29, 0.717) is 18.0 Å². The minimum atomic E-state index is -3.37. The number of benzene rings is 1. The van der Waals surface area contributed by atoms with Crippen LogP contribution in [0.5, 0.6) is 0 Å². The number of hydrogen-bond acceptors (Lipinski definition) is 3. The van der Waals surface area contributed by atoms with Gasteiger partial charge in [-0.2, -0.15) is 0 Å². The lowest BCUT2D eigenvalue weighted by atomic mass is 10.1. The van der Waals surface area contributed by atoms with Gasteiger partial charge in [0, 0.05) is 13.1 Å². The van der Waals surface area contributed by atoms with Gasteiger partial charge in [-0.15, -0.1) is 0 Å². The Morgan fingerprint density at radius 1 is 1.11 bits per heavy atom. The van der Waals surface area contributed by atoms with E-state index < -0.39 is 10.0 Å². The number of nitrogens with one attached hydrogen (secondary N) is 2. The van der Waals surface area contributed by atoms with E-state index in [4.69, 9.17) is 0 Å². The van der Waals surface area contributed by atoms with Gasteiger partial charge in [0.25, 0.3) is 0 Å². The SMILES string of the molecule is CCCNCc1cc(S(=O)(=O)NCCC)ccc1C. The van der Waals surface area contributed by atoms with Gasteiger partial charge in [0.15, 0.2) is 0 Å². The van der Waals surface area contributed by atoms with Crippen LogP contribution in [0, 0.1) is 6.92 Å². The molecule has 0 unspecified atom stereocenters. The predicted molar refractivity (Wildman–Crippen MR) is 78.7 cm³/mol. The fourth-order valence-electron chi connectivity index (χ4n) is 1.73. The second-order valence-electron chi connectivity index (χ2n) is 4.66. The minimum Gasteiger partial charge on any atom is -0.313 e. The van der Waals surface area contributed by atoms with E-state index in [2.05, 4.69) is 17.0 Å². The molecule has 5 heteroatoms. The molecule has 19 heavy (non-hydrogen) atoms. The molecule has 0 spiro atoms. The monoisotopic (exact) mass is 284 g/mol. The van der Waals surface area contributed by atoms with E-state index in [-0.39, 0.29) is 0 Å². The minimum absolute atomic E-state index is 0.347. The summed E-state index contributed by atoms with van der Waals surface area (Å²) in [4.78, 5) is 0.347. The van der Waals surface area contributed by atoms with Crippen LogP contribution in [0.15, 0.2) is 23.1 Å². The Morgan fingerprint density at radius 2 is 1.79 bits per heavy atom. The molecule has 1 aromatic carbocycles. The van der Waals surface area contributed by atoms with Crippen molar-refractivity contribution in [1.29, 1.82) is 0 Å². The summed E-state index contributed by atoms with van der Waals surface area (Å²) in [6.45, 7) is 8.16. The van der Waals surface area contributed by atoms with Crippen LogP contribution in [0.25, 0.3) is 0 Å². The standard InChI is InChI=1S/C14H24N2O2S/c1-4-8-15-11-13-10-14(7-6-12(13)3)19(17,18)16-9-5-2/h6-7,10,15-16H,4-5,8-9,11H2,1-3H3. The zero-order valence-electron chi connectivity index (χ0n) is 12.0. The summed E-state index contributed by atoms with van der Waals surface area (Å²) in [5, 5.41) is 3.30. The number of rotatable bonds is 8. The molecule has 0 heterocycles. The second-order valence-corrected chi connectivity index (χ2v) is 6.43. The lowest BCUT2D eigenvalue weighted by molar-refractivity contribution is 0.580. The largest absolute Gasteiger partial charge is 0.313 e. The van der Waals surface area contributed by atoms with Gasteiger partial charge in [-0.25, -0.2) is 13.1 Å². The Labute approximate surface area is 116 Å². The van der Waals surface area contributed by atoms with Crippen LogP contribution >= 0.6 is 0 Å². The normalized spacial score (nSPS) is 11.7. The second kappa shape index (κ2) is 7.62. The van der Waals surface area contributed by atoms with Gasteiger partial charge in [0.2, 0.25) is 10.0 Å². The van der Waals surface area contributed by atoms with Gasteiger partial charge < -0.3 is 5.32 Å². The summed E-state index contributed by atoms with van der Waals surface area (Å²) >= 11 is 0. The van der Waals surface area contributed by atoms with Crippen LogP contribution in [-0.4, -0.2) is 21.5 Å². The van der Waals surface area contributed by atoms with Crippen LogP contribution in [0.3, 0.4) is 0 Å². The molecule has 0 bridgehead atoms. The Morgan fingerprint density at radius 3 is 2.42 bits per heavy atom. The average molecular weight is 284 g/mol. The predicted octanol–water partition coefficient (Wildman–Crippen LogP) is 2.18. The maximum Gasteiger partial charge on any atom is 0.240 e. The quantitative estimate of drug-likeness (QED) is 0.719. The molecule has 0 aliphatic carbocycles. The molecule has 0 aromatic heterocycles. The molecule has 0 amide bonds. The fraction of sp³-hybridized carbons (Fsp3) is 0.571. The molecule has 0 saturated heterocycles. The van der Waals surface area contributed by atoms with Gasteiger partial charge in [0.05, 0.1) is 4.90 Å². The zero-order valence-corrected chi connectivity index (χ0v) is 12.8. The Bertz CT molecular complexity index is 498. The Hall–Kier alpha value is -0.910. The van der Waals surface area contributed by atoms with Crippen molar-refractivity contribution in [2.24, 2.45) is 0 Å². The van der Waals surface area contributed by atoms with E-state index in [9.17, 15) is 8.42 Å². The highest BCUT2D eigenvalue weighted by Gasteiger charge is 2.14. The molecule has 1 aromatic rings. The first kappa shape index (κ1) is 16.1. The molecule has 0 aliphatic heterocycles. The van der Waals surface area contributed by atoms with E-state index in [0.717, 1.165) is 30.5 Å². The maximum absolute atomic E-state index is 12.1. The van der Waals surface area contributed by atoms with Crippen molar-refractivity contribution in [2.45, 2.75) is 45.1 Å². The Balaban J connectivity index is 2.88. The number of aryl methyl sites for hydroxylation is 1. The van der Waals surface area contributed by atoms with Crippen molar-refractivity contribution >= 4 is 10.0 Å². The van der Waals surface area contributed by atoms with Crippen LogP contribution in [0.2, 0.25) is 0 Å². The first-order valence-electron chi connectivity index (χ1n) is 6.81. The van der Waals surface area contributed by atoms with Crippen molar-refractivity contribution in [2.75, 3.05) is 13.1 Å². The highest BCUT2D eigenvalue weighted by atomic mass is 32.2. The highest BCUT2D eigenvalue weighted by molar-refractivity contribution is 7.89. The van der Waals surface area contributed by atoms with Gasteiger partial charge in [-0.1, -0.05) is 19.9 Å². The lowest BCUT2D eigenvalue weighted by Gasteiger charge is -2.11. The molecule has 2 N–H and O–H groups in total. The zero-order chi connectivity index (χ0) is 14.3. The summed E-state index contributed by atoms with van der Waals surface area (Å²) in [6, 6.07) is 5.29. The van der Waals surface area contributed by atoms with Gasteiger partial charge in [-0.3, -0.25) is 0 Å². The first-order chi connectivity index (χ1) is 9.01. The smallest absolute Gasteiger partial charge is 0.240 e. The van der Waals surface area contributed by atoms with Crippen molar-refractivity contribution in [3.63, 3.8) is 0 Å². The first-order valence-corrected chi connectivity index (χ1v) is 8.29. The van der Waals surface area contributed by atoms with Crippen molar-refractivity contribution in [3.8, 4) is 0 Å². The molecule has 4 nitrogen and oxygen atoms in total. The third-order valence-corrected chi connectivity index (χ3v) is 4.37. The third-order valence-electron chi connectivity index (χ3n) is 2.92. The fourth-order valence-corrected chi connectivity index (χ4v) is 2.91. The van der Waals surface area contributed by atoms with E-state index in [1.165, 1.54) is 0 Å². The molecule has 108 valence electrons. The maximum atomic E-state index is 12.1. The van der Waals surface area contributed by atoms with Crippen molar-refractivity contribution in [3.05, 3.63) is 29.3 Å². The molecular weight excluding hydrogens is 260 g/mol. The van der Waals surface area contributed by atoms with Gasteiger partial charge in [0.1, 0.15) is 0 Å². The number of sulfonamides is 1. The molecule has 0 fully saturated rings. The number of hydrogen-bond donors (Lipinski definition) is 2. The average Bonchev–Trinajstić information content (AvgIpc) is 2.38. The summed E-state index contributed by atoms with van der Waals surface area (Å²) in [5.74, 6) is 0. The third kappa shape index (κ3) is 4.93. The molecule has 0 atom stereocenters. The van der Waals surface area contributed by atoms with Gasteiger partial charge >= 0.3 is 0 Å². The summed E-state index contributed by atoms with van der Waals surface area (Å²) in [6.07, 6.45) is 1.85. The van der Waals surface area contributed by atoms with Gasteiger partial charge in [-0.05, 0) is 49.6 Å². The van der Waals surface area contributed by atoms with Crippen LogP contribution in [-0.2, 0) is 16.6 Å². The van der Waals surface area contributed by atoms with Crippen LogP contribution in [0.1, 0.15) is 37.8 Å². The van der Waals surface area contributed by atoms with Crippen molar-refractivity contribution in [1.82, 2.24) is 10.0 Å². The van der Waals surface area contributed by atoms with Crippen LogP contribution in [0.4, 0.5) is 0 Å². The van der Waals surface area contributed by atoms with Crippen molar-refractivity contribution < 1.29 is 8.42 Å². The molecular formula is C14H24N2O2S. The van der Waals surface area contributed by atoms with E-state index in [1.54, 1.807) is 12.1 Å².